The number of carbonyl (C=O) groups is 1. The SMILES string of the molecule is COc1ccc(C(=O)N2CCCCC2CO)cc1O. The normalized spacial score (nSPS) is 19.3. The van der Waals surface area contributed by atoms with Crippen LogP contribution in [0.25, 0.3) is 0 Å². The average molecular weight is 265 g/mol. The first-order valence-corrected chi connectivity index (χ1v) is 6.46. The summed E-state index contributed by atoms with van der Waals surface area (Å²) >= 11 is 0. The molecule has 5 nitrogen and oxygen atoms in total. The van der Waals surface area contributed by atoms with Gasteiger partial charge in [-0.15, -0.1) is 0 Å². The highest BCUT2D eigenvalue weighted by atomic mass is 16.5. The molecule has 0 radical (unpaired) electrons. The molecule has 1 unspecified atom stereocenters. The number of ether oxygens (including phenoxy) is 1. The van der Waals surface area contributed by atoms with Crippen molar-refractivity contribution in [3.8, 4) is 11.5 Å². The first-order valence-electron chi connectivity index (χ1n) is 6.46. The van der Waals surface area contributed by atoms with E-state index >= 15 is 0 Å². The second-order valence-electron chi connectivity index (χ2n) is 4.72. The number of aliphatic hydroxyl groups is 1. The number of hydrogen-bond acceptors (Lipinski definition) is 4. The van der Waals surface area contributed by atoms with Gasteiger partial charge in [0.2, 0.25) is 0 Å². The van der Waals surface area contributed by atoms with Gasteiger partial charge in [0.15, 0.2) is 11.5 Å². The van der Waals surface area contributed by atoms with E-state index in [-0.39, 0.29) is 24.3 Å². The zero-order valence-corrected chi connectivity index (χ0v) is 11.0. The molecule has 0 saturated carbocycles. The Morgan fingerprint density at radius 2 is 2.26 bits per heavy atom. The number of benzene rings is 1. The molecule has 1 aromatic rings. The minimum absolute atomic E-state index is 0.0200. The lowest BCUT2D eigenvalue weighted by Crippen LogP contribution is -2.45. The van der Waals surface area contributed by atoms with E-state index in [4.69, 9.17) is 4.74 Å². The largest absolute Gasteiger partial charge is 0.504 e. The lowest BCUT2D eigenvalue weighted by atomic mass is 10.0. The van der Waals surface area contributed by atoms with Crippen LogP contribution in [0.15, 0.2) is 18.2 Å². The molecule has 19 heavy (non-hydrogen) atoms. The lowest BCUT2D eigenvalue weighted by Gasteiger charge is -2.34. The summed E-state index contributed by atoms with van der Waals surface area (Å²) in [7, 11) is 1.46. The maximum Gasteiger partial charge on any atom is 0.254 e. The summed E-state index contributed by atoms with van der Waals surface area (Å²) in [6.07, 6.45) is 2.80. The Morgan fingerprint density at radius 1 is 1.47 bits per heavy atom. The summed E-state index contributed by atoms with van der Waals surface area (Å²) in [6, 6.07) is 4.49. The fourth-order valence-electron chi connectivity index (χ4n) is 2.45. The fraction of sp³-hybridized carbons (Fsp3) is 0.500. The summed E-state index contributed by atoms with van der Waals surface area (Å²) in [6.45, 7) is 0.630. The smallest absolute Gasteiger partial charge is 0.254 e. The monoisotopic (exact) mass is 265 g/mol. The van der Waals surface area contributed by atoms with Gasteiger partial charge in [-0.1, -0.05) is 0 Å². The zero-order chi connectivity index (χ0) is 13.8. The van der Waals surface area contributed by atoms with Gasteiger partial charge in [-0.05, 0) is 37.5 Å². The van der Waals surface area contributed by atoms with Crippen molar-refractivity contribution in [1.29, 1.82) is 0 Å². The highest BCUT2D eigenvalue weighted by Crippen LogP contribution is 2.28. The molecule has 1 aliphatic heterocycles. The molecule has 5 heteroatoms. The van der Waals surface area contributed by atoms with E-state index in [0.29, 0.717) is 17.9 Å². The first kappa shape index (κ1) is 13.7. The number of methoxy groups -OCH3 is 1. The van der Waals surface area contributed by atoms with Crippen LogP contribution in [-0.4, -0.2) is 47.3 Å². The maximum absolute atomic E-state index is 12.4. The van der Waals surface area contributed by atoms with E-state index in [9.17, 15) is 15.0 Å². The van der Waals surface area contributed by atoms with Crippen molar-refractivity contribution >= 4 is 5.91 Å². The molecule has 2 N–H and O–H groups in total. The van der Waals surface area contributed by atoms with Crippen LogP contribution in [0.3, 0.4) is 0 Å². The number of piperidine rings is 1. The molecule has 1 aliphatic rings. The number of aliphatic hydroxyl groups excluding tert-OH is 1. The van der Waals surface area contributed by atoms with Gasteiger partial charge < -0.3 is 19.8 Å². The Hall–Kier alpha value is -1.75. The van der Waals surface area contributed by atoms with Crippen molar-refractivity contribution in [3.63, 3.8) is 0 Å². The molecule has 2 rings (SSSR count). The zero-order valence-electron chi connectivity index (χ0n) is 11.0. The van der Waals surface area contributed by atoms with E-state index in [1.165, 1.54) is 13.2 Å². The Bertz CT molecular complexity index is 461. The quantitative estimate of drug-likeness (QED) is 0.866. The molecule has 0 aliphatic carbocycles. The fourth-order valence-corrected chi connectivity index (χ4v) is 2.45. The van der Waals surface area contributed by atoms with E-state index in [2.05, 4.69) is 0 Å². The number of phenolic OH excluding ortho intramolecular Hbond substituents is 1. The van der Waals surface area contributed by atoms with Crippen LogP contribution in [0.5, 0.6) is 11.5 Å². The molecule has 104 valence electrons. The third-order valence-corrected chi connectivity index (χ3v) is 3.52. The van der Waals surface area contributed by atoms with E-state index < -0.39 is 0 Å². The van der Waals surface area contributed by atoms with Crippen LogP contribution < -0.4 is 4.74 Å². The second-order valence-corrected chi connectivity index (χ2v) is 4.72. The van der Waals surface area contributed by atoms with Gasteiger partial charge in [-0.2, -0.15) is 0 Å². The third-order valence-electron chi connectivity index (χ3n) is 3.52. The Labute approximate surface area is 112 Å². The molecule has 0 aromatic heterocycles. The van der Waals surface area contributed by atoms with Crippen LogP contribution in [0.4, 0.5) is 0 Å². The minimum atomic E-state index is -0.156. The second kappa shape index (κ2) is 5.93. The molecule has 1 atom stereocenters. The minimum Gasteiger partial charge on any atom is -0.504 e. The number of phenols is 1. The summed E-state index contributed by atoms with van der Waals surface area (Å²) in [5, 5.41) is 19.0. The highest BCUT2D eigenvalue weighted by molar-refractivity contribution is 5.95. The van der Waals surface area contributed by atoms with Gasteiger partial charge >= 0.3 is 0 Å². The van der Waals surface area contributed by atoms with E-state index in [0.717, 1.165) is 19.3 Å². The van der Waals surface area contributed by atoms with Gasteiger partial charge in [0.05, 0.1) is 19.8 Å². The number of hydrogen-bond donors (Lipinski definition) is 2. The van der Waals surface area contributed by atoms with Gasteiger partial charge in [0.1, 0.15) is 0 Å². The molecule has 1 heterocycles. The number of amides is 1. The van der Waals surface area contributed by atoms with Crippen molar-refractivity contribution in [2.45, 2.75) is 25.3 Å². The van der Waals surface area contributed by atoms with Crippen molar-refractivity contribution in [2.75, 3.05) is 20.3 Å². The molecule has 0 bridgehead atoms. The molecule has 0 spiro atoms. The first-order chi connectivity index (χ1) is 9.17. The highest BCUT2D eigenvalue weighted by Gasteiger charge is 2.27. The van der Waals surface area contributed by atoms with Crippen molar-refractivity contribution < 1.29 is 19.7 Å². The lowest BCUT2D eigenvalue weighted by molar-refractivity contribution is 0.0502. The van der Waals surface area contributed by atoms with Crippen LogP contribution in [-0.2, 0) is 0 Å². The number of nitrogens with zero attached hydrogens (tertiary/aromatic N) is 1. The van der Waals surface area contributed by atoms with Gasteiger partial charge in [-0.25, -0.2) is 0 Å². The number of likely N-dealkylation sites (tertiary alicyclic amines) is 1. The van der Waals surface area contributed by atoms with E-state index in [1.807, 2.05) is 0 Å². The Kier molecular flexibility index (Phi) is 4.27. The van der Waals surface area contributed by atoms with Crippen molar-refractivity contribution in [3.05, 3.63) is 23.8 Å². The summed E-state index contributed by atoms with van der Waals surface area (Å²) in [5.41, 5.74) is 0.415. The van der Waals surface area contributed by atoms with Crippen LogP contribution >= 0.6 is 0 Å². The summed E-state index contributed by atoms with van der Waals surface area (Å²) in [4.78, 5) is 14.1. The molecule has 1 saturated heterocycles. The summed E-state index contributed by atoms with van der Waals surface area (Å²) in [5.74, 6) is 0.136. The van der Waals surface area contributed by atoms with E-state index in [1.54, 1.807) is 17.0 Å². The number of rotatable bonds is 3. The Balaban J connectivity index is 2.20. The summed E-state index contributed by atoms with van der Waals surface area (Å²) < 4.78 is 4.95. The number of aromatic hydroxyl groups is 1. The van der Waals surface area contributed by atoms with Crippen LogP contribution in [0.1, 0.15) is 29.6 Å². The van der Waals surface area contributed by atoms with Crippen molar-refractivity contribution in [2.24, 2.45) is 0 Å². The predicted octanol–water partition coefficient (Wildman–Crippen LogP) is 1.39. The third kappa shape index (κ3) is 2.81. The Morgan fingerprint density at radius 3 is 2.89 bits per heavy atom. The standard InChI is InChI=1S/C14H19NO4/c1-19-13-6-5-10(8-12(13)17)14(18)15-7-3-2-4-11(15)9-16/h5-6,8,11,16-17H,2-4,7,9H2,1H3. The molecule has 1 aromatic carbocycles. The predicted molar refractivity (Wildman–Crippen MR) is 70.4 cm³/mol. The molecule has 1 fully saturated rings. The average Bonchev–Trinajstić information content (AvgIpc) is 2.46. The van der Waals surface area contributed by atoms with Gasteiger partial charge in [-0.3, -0.25) is 4.79 Å². The molecular weight excluding hydrogens is 246 g/mol. The van der Waals surface area contributed by atoms with Crippen LogP contribution in [0.2, 0.25) is 0 Å². The maximum atomic E-state index is 12.4. The molecular formula is C14H19NO4. The van der Waals surface area contributed by atoms with Gasteiger partial charge in [0, 0.05) is 12.1 Å². The van der Waals surface area contributed by atoms with Crippen LogP contribution in [0, 0.1) is 0 Å². The topological polar surface area (TPSA) is 70.0 Å². The molecule has 1 amide bonds. The number of carbonyl (C=O) groups excluding carboxylic acids is 1. The van der Waals surface area contributed by atoms with Gasteiger partial charge in [0.25, 0.3) is 5.91 Å². The van der Waals surface area contributed by atoms with Crippen molar-refractivity contribution in [1.82, 2.24) is 4.90 Å².